The lowest BCUT2D eigenvalue weighted by molar-refractivity contribution is -0.115. The molecule has 1 N–H and O–H groups in total. The number of benzene rings is 1. The summed E-state index contributed by atoms with van der Waals surface area (Å²) in [5.74, 6) is 0.0645. The Labute approximate surface area is 149 Å². The van der Waals surface area contributed by atoms with E-state index in [4.69, 9.17) is 0 Å². The maximum Gasteiger partial charge on any atom is 0.224 e. The molecule has 122 valence electrons. The summed E-state index contributed by atoms with van der Waals surface area (Å²) in [5.41, 5.74) is 5.86. The summed E-state index contributed by atoms with van der Waals surface area (Å²) in [5, 5.41) is 3.02. The number of rotatable bonds is 3. The van der Waals surface area contributed by atoms with E-state index < -0.39 is 0 Å². The third kappa shape index (κ3) is 3.45. The van der Waals surface area contributed by atoms with Gasteiger partial charge in [0.1, 0.15) is 0 Å². The van der Waals surface area contributed by atoms with E-state index >= 15 is 0 Å². The van der Waals surface area contributed by atoms with Gasteiger partial charge in [-0.3, -0.25) is 4.79 Å². The van der Waals surface area contributed by atoms with Gasteiger partial charge in [0.2, 0.25) is 5.91 Å². The molecule has 0 radical (unpaired) electrons. The van der Waals surface area contributed by atoms with Crippen molar-refractivity contribution < 1.29 is 4.79 Å². The van der Waals surface area contributed by atoms with Crippen LogP contribution in [0.15, 0.2) is 22.0 Å². The van der Waals surface area contributed by atoms with Crippen molar-refractivity contribution in [2.75, 3.05) is 16.8 Å². The van der Waals surface area contributed by atoms with Gasteiger partial charge in [0.25, 0.3) is 0 Å². The lowest BCUT2D eigenvalue weighted by atomic mass is 10.0. The first-order valence-electron chi connectivity index (χ1n) is 7.91. The van der Waals surface area contributed by atoms with Crippen LogP contribution in [0.1, 0.15) is 34.9 Å². The van der Waals surface area contributed by atoms with Crippen molar-refractivity contribution in [1.82, 2.24) is 0 Å². The second kappa shape index (κ2) is 6.65. The van der Waals surface area contributed by atoms with Gasteiger partial charge in [0, 0.05) is 35.8 Å². The molecule has 0 spiro atoms. The minimum Gasteiger partial charge on any atom is -0.367 e. The predicted molar refractivity (Wildman–Crippen MR) is 102 cm³/mol. The molecule has 1 aliphatic heterocycles. The van der Waals surface area contributed by atoms with Gasteiger partial charge in [-0.2, -0.15) is 0 Å². The van der Waals surface area contributed by atoms with E-state index in [1.165, 1.54) is 19.9 Å². The Hall–Kier alpha value is -1.33. The highest BCUT2D eigenvalue weighted by Gasteiger charge is 2.20. The minimum atomic E-state index is 0.0645. The lowest BCUT2D eigenvalue weighted by Gasteiger charge is -2.30. The van der Waals surface area contributed by atoms with Crippen molar-refractivity contribution >= 4 is 44.5 Å². The van der Waals surface area contributed by atoms with Crippen molar-refractivity contribution in [3.05, 3.63) is 43.6 Å². The number of carbonyl (C=O) groups excluding carboxylic acids is 1. The molecule has 1 aromatic heterocycles. The van der Waals surface area contributed by atoms with E-state index in [2.05, 4.69) is 58.2 Å². The molecule has 3 rings (SSSR count). The Morgan fingerprint density at radius 1 is 1.30 bits per heavy atom. The molecule has 23 heavy (non-hydrogen) atoms. The van der Waals surface area contributed by atoms with Crippen LogP contribution >= 0.6 is 27.3 Å². The van der Waals surface area contributed by atoms with Crippen LogP contribution in [0.25, 0.3) is 0 Å². The van der Waals surface area contributed by atoms with Crippen LogP contribution in [0.2, 0.25) is 0 Å². The molecule has 2 heterocycles. The quantitative estimate of drug-likeness (QED) is 0.793. The Kier molecular flexibility index (Phi) is 4.78. The third-order valence-corrected chi connectivity index (χ3v) is 6.04. The first kappa shape index (κ1) is 16.5. The summed E-state index contributed by atoms with van der Waals surface area (Å²) in [6.07, 6.45) is 1.60. The molecule has 5 heteroatoms. The van der Waals surface area contributed by atoms with Crippen LogP contribution in [0.3, 0.4) is 0 Å². The molecular formula is C18H21BrN2OS. The van der Waals surface area contributed by atoms with Crippen molar-refractivity contribution in [3.63, 3.8) is 0 Å². The Morgan fingerprint density at radius 2 is 2.00 bits per heavy atom. The van der Waals surface area contributed by atoms with E-state index in [9.17, 15) is 4.79 Å². The molecule has 0 saturated heterocycles. The molecule has 1 aromatic carbocycles. The number of amides is 1. The number of thiophene rings is 1. The molecule has 0 fully saturated rings. The summed E-state index contributed by atoms with van der Waals surface area (Å²) in [6, 6.07) is 6.61. The number of nitrogens with zero attached hydrogens (tertiary/aromatic N) is 1. The van der Waals surface area contributed by atoms with Crippen LogP contribution in [-0.4, -0.2) is 12.5 Å². The van der Waals surface area contributed by atoms with E-state index in [0.717, 1.165) is 36.3 Å². The first-order chi connectivity index (χ1) is 11.0. The Morgan fingerprint density at radius 3 is 2.65 bits per heavy atom. The van der Waals surface area contributed by atoms with Gasteiger partial charge in [-0.15, -0.1) is 11.3 Å². The minimum absolute atomic E-state index is 0.0645. The van der Waals surface area contributed by atoms with Gasteiger partial charge in [-0.05, 0) is 71.1 Å². The molecule has 1 amide bonds. The number of hydrogen-bond donors (Lipinski definition) is 1. The second-order valence-electron chi connectivity index (χ2n) is 6.03. The highest BCUT2D eigenvalue weighted by molar-refractivity contribution is 9.11. The van der Waals surface area contributed by atoms with Crippen LogP contribution in [0.5, 0.6) is 0 Å². The number of halogens is 1. The summed E-state index contributed by atoms with van der Waals surface area (Å²) >= 11 is 5.44. The van der Waals surface area contributed by atoms with Crippen molar-refractivity contribution in [2.45, 2.75) is 40.2 Å². The maximum absolute atomic E-state index is 11.7. The van der Waals surface area contributed by atoms with Gasteiger partial charge in [-0.1, -0.05) is 6.92 Å². The third-order valence-electron chi connectivity index (χ3n) is 4.30. The summed E-state index contributed by atoms with van der Waals surface area (Å²) in [4.78, 5) is 15.6. The zero-order valence-electron chi connectivity index (χ0n) is 13.7. The largest absolute Gasteiger partial charge is 0.367 e. The normalized spacial score (nSPS) is 13.8. The predicted octanol–water partition coefficient (Wildman–Crippen LogP) is 5.04. The molecule has 3 nitrogen and oxygen atoms in total. The number of hydrogen-bond acceptors (Lipinski definition) is 3. The number of carbonyl (C=O) groups is 1. The monoisotopic (exact) mass is 392 g/mol. The molecule has 0 aliphatic carbocycles. The summed E-state index contributed by atoms with van der Waals surface area (Å²) < 4.78 is 1.22. The van der Waals surface area contributed by atoms with Gasteiger partial charge >= 0.3 is 0 Å². The topological polar surface area (TPSA) is 32.3 Å². The molecule has 2 aromatic rings. The molecule has 0 bridgehead atoms. The van der Waals surface area contributed by atoms with E-state index in [1.54, 1.807) is 0 Å². The molecular weight excluding hydrogens is 372 g/mol. The number of aryl methyl sites for hydroxylation is 2. The Bertz CT molecular complexity index is 730. The standard InChI is InChI=1S/C18H21BrN2OS/c1-4-17(22)20-18-11(2)7-14(8-12(18)3)21-6-5-15-13(10-21)9-16(19)23-15/h7-9H,4-6,10H2,1-3H3,(H,20,22). The lowest BCUT2D eigenvalue weighted by Crippen LogP contribution is -2.29. The summed E-state index contributed by atoms with van der Waals surface area (Å²) in [7, 11) is 0. The van der Waals surface area contributed by atoms with Crippen molar-refractivity contribution in [1.29, 1.82) is 0 Å². The van der Waals surface area contributed by atoms with Crippen LogP contribution in [-0.2, 0) is 17.8 Å². The smallest absolute Gasteiger partial charge is 0.224 e. The van der Waals surface area contributed by atoms with E-state index in [-0.39, 0.29) is 5.91 Å². The van der Waals surface area contributed by atoms with Crippen LogP contribution in [0, 0.1) is 13.8 Å². The molecule has 1 aliphatic rings. The number of fused-ring (bicyclic) bond motifs is 1. The van der Waals surface area contributed by atoms with E-state index in [0.29, 0.717) is 6.42 Å². The second-order valence-corrected chi connectivity index (χ2v) is 8.54. The maximum atomic E-state index is 11.7. The fourth-order valence-corrected chi connectivity index (χ4v) is 4.81. The first-order valence-corrected chi connectivity index (χ1v) is 9.52. The average molecular weight is 393 g/mol. The number of anilines is 2. The summed E-state index contributed by atoms with van der Waals surface area (Å²) in [6.45, 7) is 8.01. The molecule has 0 unspecified atom stereocenters. The van der Waals surface area contributed by atoms with Gasteiger partial charge in [0.05, 0.1) is 3.79 Å². The van der Waals surface area contributed by atoms with E-state index in [1.807, 2.05) is 18.3 Å². The molecule has 0 atom stereocenters. The number of nitrogens with one attached hydrogen (secondary N) is 1. The van der Waals surface area contributed by atoms with Crippen molar-refractivity contribution in [3.8, 4) is 0 Å². The van der Waals surface area contributed by atoms with Gasteiger partial charge in [-0.25, -0.2) is 0 Å². The van der Waals surface area contributed by atoms with Gasteiger partial charge < -0.3 is 10.2 Å². The van der Waals surface area contributed by atoms with Crippen LogP contribution < -0.4 is 10.2 Å². The zero-order valence-corrected chi connectivity index (χ0v) is 16.1. The van der Waals surface area contributed by atoms with Crippen LogP contribution in [0.4, 0.5) is 11.4 Å². The highest BCUT2D eigenvalue weighted by atomic mass is 79.9. The Balaban J connectivity index is 1.85. The fraction of sp³-hybridized carbons (Fsp3) is 0.389. The molecule has 0 saturated carbocycles. The fourth-order valence-electron chi connectivity index (χ4n) is 3.07. The zero-order chi connectivity index (χ0) is 16.6. The van der Waals surface area contributed by atoms with Crippen molar-refractivity contribution in [2.24, 2.45) is 0 Å². The average Bonchev–Trinajstić information content (AvgIpc) is 2.89. The SMILES string of the molecule is CCC(=O)Nc1c(C)cc(N2CCc3sc(Br)cc3C2)cc1C. The highest BCUT2D eigenvalue weighted by Crippen LogP contribution is 2.35. The van der Waals surface area contributed by atoms with Gasteiger partial charge in [0.15, 0.2) is 0 Å².